The Hall–Kier alpha value is -2.12. The summed E-state index contributed by atoms with van der Waals surface area (Å²) in [4.78, 5) is 45.2. The Bertz CT molecular complexity index is 589. The van der Waals surface area contributed by atoms with Crippen molar-refractivity contribution < 1.29 is 43.2 Å². The lowest BCUT2D eigenvalue weighted by Gasteiger charge is -2.14. The number of unbranched alkanes of at least 4 members (excludes halogenated alkanes) is 3. The van der Waals surface area contributed by atoms with Gasteiger partial charge in [-0.2, -0.15) is 0 Å². The summed E-state index contributed by atoms with van der Waals surface area (Å²) in [6.45, 7) is 12.4. The molecule has 232 valence electrons. The largest absolute Gasteiger partial charge is 0.480 e. The molecule has 12 heteroatoms. The smallest absolute Gasteiger partial charge is 0.326 e. The molecule has 0 saturated carbocycles. The molecule has 0 aromatic heterocycles. The van der Waals surface area contributed by atoms with Gasteiger partial charge in [0.15, 0.2) is 0 Å². The molecule has 0 fully saturated rings. The average Bonchev–Trinajstić information content (AvgIpc) is 2.92. The average molecular weight is 566 g/mol. The van der Waals surface area contributed by atoms with E-state index in [1.54, 1.807) is 0 Å². The molecular formula is C27H55N3O9. The van der Waals surface area contributed by atoms with Crippen LogP contribution in [-0.2, 0) is 38.1 Å². The molecule has 0 aliphatic heterocycles. The van der Waals surface area contributed by atoms with E-state index in [1.807, 2.05) is 20.9 Å². The Balaban J connectivity index is -0.00000141. The SMILES string of the molecule is CC.CCCCCC.CNCCOCCOCC(=O)NCCOCCOCC(=O)NC(CCC(C)=O)C(=O)O. The van der Waals surface area contributed by atoms with Crippen LogP contribution in [0.25, 0.3) is 0 Å². The molecule has 0 saturated heterocycles. The Morgan fingerprint density at radius 2 is 1.23 bits per heavy atom. The van der Waals surface area contributed by atoms with E-state index in [4.69, 9.17) is 24.1 Å². The molecule has 0 bridgehead atoms. The number of hydrogen-bond donors (Lipinski definition) is 4. The molecule has 1 unspecified atom stereocenters. The fourth-order valence-corrected chi connectivity index (χ4v) is 2.60. The summed E-state index contributed by atoms with van der Waals surface area (Å²) in [5, 5.41) is 16.9. The first-order chi connectivity index (χ1) is 18.8. The topological polar surface area (TPSA) is 162 Å². The molecule has 2 amide bonds. The van der Waals surface area contributed by atoms with Crippen LogP contribution in [0.4, 0.5) is 0 Å². The van der Waals surface area contributed by atoms with Gasteiger partial charge in [0.25, 0.3) is 0 Å². The second-order valence-electron chi connectivity index (χ2n) is 8.19. The van der Waals surface area contributed by atoms with Crippen LogP contribution >= 0.6 is 0 Å². The molecule has 4 N–H and O–H groups in total. The maximum absolute atomic E-state index is 11.7. The second-order valence-corrected chi connectivity index (χ2v) is 8.19. The first-order valence-electron chi connectivity index (χ1n) is 14.0. The molecule has 0 aromatic rings. The number of carbonyl (C=O) groups is 4. The highest BCUT2D eigenvalue weighted by atomic mass is 16.5. The summed E-state index contributed by atoms with van der Waals surface area (Å²) < 4.78 is 20.8. The van der Waals surface area contributed by atoms with Crippen LogP contribution in [0.1, 0.15) is 73.1 Å². The predicted molar refractivity (Wildman–Crippen MR) is 151 cm³/mol. The first-order valence-corrected chi connectivity index (χ1v) is 14.0. The van der Waals surface area contributed by atoms with Gasteiger partial charge in [-0.05, 0) is 20.4 Å². The maximum atomic E-state index is 11.7. The number of amides is 2. The summed E-state index contributed by atoms with van der Waals surface area (Å²) in [5.41, 5.74) is 0. The van der Waals surface area contributed by atoms with Crippen molar-refractivity contribution >= 4 is 23.6 Å². The number of ketones is 1. The number of carboxylic acid groups (broad SMARTS) is 1. The van der Waals surface area contributed by atoms with Crippen LogP contribution in [0.2, 0.25) is 0 Å². The molecule has 12 nitrogen and oxygen atoms in total. The number of nitrogens with one attached hydrogen (secondary N) is 3. The summed E-state index contributed by atoms with van der Waals surface area (Å²) in [6, 6.07) is -1.13. The number of hydrogen-bond acceptors (Lipinski definition) is 9. The fourth-order valence-electron chi connectivity index (χ4n) is 2.60. The van der Waals surface area contributed by atoms with Gasteiger partial charge in [0.1, 0.15) is 25.0 Å². The van der Waals surface area contributed by atoms with Crippen molar-refractivity contribution in [3.8, 4) is 0 Å². The molecule has 0 rings (SSSR count). The highest BCUT2D eigenvalue weighted by molar-refractivity contribution is 5.85. The normalized spacial score (nSPS) is 10.8. The molecule has 39 heavy (non-hydrogen) atoms. The lowest BCUT2D eigenvalue weighted by molar-refractivity contribution is -0.143. The molecule has 0 radical (unpaired) electrons. The van der Waals surface area contributed by atoms with Crippen molar-refractivity contribution in [1.29, 1.82) is 0 Å². The molecule has 1 atom stereocenters. The van der Waals surface area contributed by atoms with E-state index in [2.05, 4.69) is 29.8 Å². The van der Waals surface area contributed by atoms with Crippen molar-refractivity contribution in [2.45, 2.75) is 79.2 Å². The van der Waals surface area contributed by atoms with Crippen molar-refractivity contribution in [2.75, 3.05) is 73.0 Å². The van der Waals surface area contributed by atoms with Gasteiger partial charge in [0.2, 0.25) is 11.8 Å². The number of likely N-dealkylation sites (N-methyl/N-ethyl adjacent to an activating group) is 1. The zero-order valence-electron chi connectivity index (χ0n) is 25.1. The van der Waals surface area contributed by atoms with Gasteiger partial charge >= 0.3 is 5.97 Å². The Labute approximate surface area is 235 Å². The molecule has 0 heterocycles. The maximum Gasteiger partial charge on any atom is 0.326 e. The quantitative estimate of drug-likeness (QED) is 0.127. The van der Waals surface area contributed by atoms with Crippen molar-refractivity contribution in [1.82, 2.24) is 16.0 Å². The van der Waals surface area contributed by atoms with E-state index >= 15 is 0 Å². The minimum absolute atomic E-state index is 0.0285. The lowest BCUT2D eigenvalue weighted by atomic mass is 10.1. The minimum Gasteiger partial charge on any atom is -0.480 e. The number of carbonyl (C=O) groups excluding carboxylic acids is 3. The van der Waals surface area contributed by atoms with E-state index in [-0.39, 0.29) is 57.6 Å². The second kappa shape index (κ2) is 33.9. The van der Waals surface area contributed by atoms with Crippen LogP contribution in [0, 0.1) is 0 Å². The van der Waals surface area contributed by atoms with Crippen molar-refractivity contribution in [3.63, 3.8) is 0 Å². The number of carboxylic acids is 1. The predicted octanol–water partition coefficient (Wildman–Crippen LogP) is 1.94. The van der Waals surface area contributed by atoms with E-state index < -0.39 is 17.9 Å². The van der Waals surface area contributed by atoms with Gasteiger partial charge in [-0.15, -0.1) is 0 Å². The molecule has 0 aliphatic carbocycles. The zero-order chi connectivity index (χ0) is 30.2. The Morgan fingerprint density at radius 1 is 0.744 bits per heavy atom. The summed E-state index contributed by atoms with van der Waals surface area (Å²) in [6.07, 6.45) is 5.63. The third kappa shape index (κ3) is 35.9. The van der Waals surface area contributed by atoms with Crippen LogP contribution in [0.15, 0.2) is 0 Å². The highest BCUT2D eigenvalue weighted by Crippen LogP contribution is 1.99. The van der Waals surface area contributed by atoms with Crippen LogP contribution < -0.4 is 16.0 Å². The van der Waals surface area contributed by atoms with Gasteiger partial charge < -0.3 is 44.8 Å². The van der Waals surface area contributed by atoms with E-state index in [9.17, 15) is 19.2 Å². The van der Waals surface area contributed by atoms with Gasteiger partial charge in [-0.3, -0.25) is 9.59 Å². The van der Waals surface area contributed by atoms with Crippen LogP contribution in [0.3, 0.4) is 0 Å². The lowest BCUT2D eigenvalue weighted by Crippen LogP contribution is -2.42. The monoisotopic (exact) mass is 565 g/mol. The van der Waals surface area contributed by atoms with Gasteiger partial charge in [-0.25, -0.2) is 4.79 Å². The standard InChI is InChI=1S/C19H35N3O9.C6H14.C2H6/c1-15(23)3-4-16(19(26)27)22-18(25)14-31-12-10-29-8-6-21-17(24)13-30-11-9-28-7-5-20-2;1-3-5-6-4-2;1-2/h16,20H,3-14H2,1-2H3,(H,21,24)(H,22,25)(H,26,27);3-6H2,1-2H3;1-2H3. The zero-order valence-corrected chi connectivity index (χ0v) is 25.1. The number of Topliss-reactive ketones (excluding diaryl/α,β-unsaturated/α-hetero) is 1. The molecule has 0 aliphatic rings. The van der Waals surface area contributed by atoms with E-state index in [0.29, 0.717) is 26.4 Å². The molecular weight excluding hydrogens is 510 g/mol. The molecule has 0 aromatic carbocycles. The van der Waals surface area contributed by atoms with Crippen molar-refractivity contribution in [2.24, 2.45) is 0 Å². The Morgan fingerprint density at radius 3 is 1.69 bits per heavy atom. The summed E-state index contributed by atoms with van der Waals surface area (Å²) >= 11 is 0. The Kier molecular flexibility index (Phi) is 36.0. The van der Waals surface area contributed by atoms with Gasteiger partial charge in [-0.1, -0.05) is 53.4 Å². The minimum atomic E-state index is -1.21. The van der Waals surface area contributed by atoms with Crippen molar-refractivity contribution in [3.05, 3.63) is 0 Å². The fraction of sp³-hybridized carbons (Fsp3) is 0.852. The van der Waals surface area contributed by atoms with Crippen LogP contribution in [-0.4, -0.2) is 108 Å². The third-order valence-electron chi connectivity index (χ3n) is 4.65. The summed E-state index contributed by atoms with van der Waals surface area (Å²) in [7, 11) is 1.83. The third-order valence-corrected chi connectivity index (χ3v) is 4.65. The highest BCUT2D eigenvalue weighted by Gasteiger charge is 2.20. The van der Waals surface area contributed by atoms with Gasteiger partial charge in [0, 0.05) is 19.5 Å². The van der Waals surface area contributed by atoms with Crippen LogP contribution in [0.5, 0.6) is 0 Å². The molecule has 0 spiro atoms. The number of ether oxygens (including phenoxy) is 4. The number of rotatable bonds is 24. The summed E-state index contributed by atoms with van der Waals surface area (Å²) in [5.74, 6) is -2.20. The van der Waals surface area contributed by atoms with E-state index in [0.717, 1.165) is 6.54 Å². The number of aliphatic carboxylic acids is 1. The van der Waals surface area contributed by atoms with E-state index in [1.165, 1.54) is 32.6 Å². The van der Waals surface area contributed by atoms with Gasteiger partial charge in [0.05, 0.1) is 39.6 Å². The first kappa shape index (κ1) is 41.4.